The summed E-state index contributed by atoms with van der Waals surface area (Å²) in [6.07, 6.45) is 6.39. The lowest BCUT2D eigenvalue weighted by atomic mass is 10.5. The van der Waals surface area contributed by atoms with Crippen molar-refractivity contribution in [3.8, 4) is 5.69 Å². The summed E-state index contributed by atoms with van der Waals surface area (Å²) in [6, 6.07) is 1.72. The van der Waals surface area contributed by atoms with Crippen molar-refractivity contribution in [1.82, 2.24) is 19.7 Å². The molecule has 5 heteroatoms. The fraction of sp³-hybridized carbons (Fsp3) is 0. The van der Waals surface area contributed by atoms with Gasteiger partial charge in [-0.05, 0) is 0 Å². The Morgan fingerprint density at radius 2 is 2.00 bits per heavy atom. The molecule has 0 aromatic carbocycles. The highest BCUT2D eigenvalue weighted by Crippen LogP contribution is 2.07. The van der Waals surface area contributed by atoms with Crippen LogP contribution in [0.25, 0.3) is 5.69 Å². The molecular formula is C7H7N5. The molecule has 0 atom stereocenters. The van der Waals surface area contributed by atoms with Gasteiger partial charge in [-0.25, -0.2) is 14.6 Å². The Morgan fingerprint density at radius 1 is 1.25 bits per heavy atom. The predicted molar refractivity (Wildman–Crippen MR) is 43.6 cm³/mol. The highest BCUT2D eigenvalue weighted by atomic mass is 15.3. The lowest BCUT2D eigenvalue weighted by Gasteiger charge is -2.00. The van der Waals surface area contributed by atoms with Crippen LogP contribution >= 0.6 is 0 Å². The van der Waals surface area contributed by atoms with Gasteiger partial charge in [-0.15, -0.1) is 0 Å². The predicted octanol–water partition coefficient (Wildman–Crippen LogP) is 0.244. The zero-order chi connectivity index (χ0) is 8.39. The Labute approximate surface area is 68.9 Å². The smallest absolute Gasteiger partial charge is 0.127 e. The molecule has 2 heterocycles. The molecule has 60 valence electrons. The van der Waals surface area contributed by atoms with Crippen molar-refractivity contribution in [2.24, 2.45) is 0 Å². The van der Waals surface area contributed by atoms with E-state index in [0.29, 0.717) is 5.82 Å². The quantitative estimate of drug-likeness (QED) is 0.650. The molecule has 0 spiro atoms. The van der Waals surface area contributed by atoms with Crippen molar-refractivity contribution in [3.05, 3.63) is 31.0 Å². The maximum atomic E-state index is 5.62. The summed E-state index contributed by atoms with van der Waals surface area (Å²) < 4.78 is 1.57. The maximum absolute atomic E-state index is 5.62. The average molecular weight is 161 g/mol. The molecule has 0 amide bonds. The topological polar surface area (TPSA) is 69.6 Å². The molecule has 0 saturated heterocycles. The molecule has 2 rings (SSSR count). The van der Waals surface area contributed by atoms with Crippen LogP contribution in [0, 0.1) is 0 Å². The van der Waals surface area contributed by atoms with Crippen molar-refractivity contribution in [2.75, 3.05) is 5.73 Å². The van der Waals surface area contributed by atoms with Gasteiger partial charge in [0.15, 0.2) is 0 Å². The number of nitrogen functional groups attached to an aromatic ring is 1. The number of hydrogen-bond acceptors (Lipinski definition) is 4. The van der Waals surface area contributed by atoms with Gasteiger partial charge in [0.05, 0.1) is 18.6 Å². The van der Waals surface area contributed by atoms with Gasteiger partial charge in [0.25, 0.3) is 0 Å². The number of nitrogens with zero attached hydrogens (tertiary/aromatic N) is 4. The molecule has 0 aliphatic carbocycles. The zero-order valence-electron chi connectivity index (χ0n) is 6.25. The summed E-state index contributed by atoms with van der Waals surface area (Å²) >= 11 is 0. The monoisotopic (exact) mass is 161 g/mol. The fourth-order valence-corrected chi connectivity index (χ4v) is 0.930. The van der Waals surface area contributed by atoms with Gasteiger partial charge in [0.1, 0.15) is 17.8 Å². The molecule has 2 aromatic rings. The molecule has 2 N–H and O–H groups in total. The fourth-order valence-electron chi connectivity index (χ4n) is 0.930. The van der Waals surface area contributed by atoms with Gasteiger partial charge in [0, 0.05) is 6.07 Å². The first-order valence-corrected chi connectivity index (χ1v) is 3.43. The van der Waals surface area contributed by atoms with Gasteiger partial charge in [-0.3, -0.25) is 0 Å². The van der Waals surface area contributed by atoms with Gasteiger partial charge in [-0.2, -0.15) is 5.10 Å². The molecular weight excluding hydrogens is 154 g/mol. The van der Waals surface area contributed by atoms with E-state index in [2.05, 4.69) is 15.1 Å². The Kier molecular flexibility index (Phi) is 1.48. The van der Waals surface area contributed by atoms with Gasteiger partial charge in [0.2, 0.25) is 0 Å². The van der Waals surface area contributed by atoms with E-state index in [9.17, 15) is 0 Å². The minimum atomic E-state index is 0.574. The number of hydrogen-bond donors (Lipinski definition) is 1. The summed E-state index contributed by atoms with van der Waals surface area (Å²) in [7, 11) is 0. The van der Waals surface area contributed by atoms with Crippen molar-refractivity contribution < 1.29 is 0 Å². The van der Waals surface area contributed by atoms with E-state index < -0.39 is 0 Å². The van der Waals surface area contributed by atoms with Crippen LogP contribution in [0.5, 0.6) is 0 Å². The second-order valence-electron chi connectivity index (χ2n) is 2.26. The maximum Gasteiger partial charge on any atom is 0.127 e. The standard InChI is InChI=1S/C7H7N5/c8-7-1-2-11-12(7)6-3-9-5-10-4-6/h1-5H,8H2. The summed E-state index contributed by atoms with van der Waals surface area (Å²) in [4.78, 5) is 7.71. The summed E-state index contributed by atoms with van der Waals surface area (Å²) in [5.41, 5.74) is 6.38. The van der Waals surface area contributed by atoms with Gasteiger partial charge < -0.3 is 5.73 Å². The third-order valence-corrected chi connectivity index (χ3v) is 1.46. The lowest BCUT2D eigenvalue weighted by molar-refractivity contribution is 0.874. The molecule has 12 heavy (non-hydrogen) atoms. The average Bonchev–Trinajstić information content (AvgIpc) is 2.53. The second-order valence-corrected chi connectivity index (χ2v) is 2.26. The molecule has 0 radical (unpaired) electrons. The van der Waals surface area contributed by atoms with E-state index in [1.165, 1.54) is 6.33 Å². The summed E-state index contributed by atoms with van der Waals surface area (Å²) in [5, 5.41) is 4.00. The highest BCUT2D eigenvalue weighted by molar-refractivity contribution is 5.37. The van der Waals surface area contributed by atoms with Crippen LogP contribution < -0.4 is 5.73 Å². The van der Waals surface area contributed by atoms with E-state index >= 15 is 0 Å². The summed E-state index contributed by atoms with van der Waals surface area (Å²) in [6.45, 7) is 0. The van der Waals surface area contributed by atoms with E-state index in [0.717, 1.165) is 5.69 Å². The van der Waals surface area contributed by atoms with E-state index in [1.807, 2.05) is 0 Å². The first-order chi connectivity index (χ1) is 5.88. The van der Waals surface area contributed by atoms with Crippen LogP contribution in [-0.4, -0.2) is 19.7 Å². The highest BCUT2D eigenvalue weighted by Gasteiger charge is 1.99. The van der Waals surface area contributed by atoms with E-state index in [-0.39, 0.29) is 0 Å². The molecule has 0 aliphatic rings. The molecule has 0 fully saturated rings. The Balaban J connectivity index is 2.51. The Hall–Kier alpha value is -1.91. The van der Waals surface area contributed by atoms with Crippen LogP contribution in [0.4, 0.5) is 5.82 Å². The van der Waals surface area contributed by atoms with Crippen LogP contribution in [0.3, 0.4) is 0 Å². The van der Waals surface area contributed by atoms with Crippen molar-refractivity contribution >= 4 is 5.82 Å². The van der Waals surface area contributed by atoms with Crippen LogP contribution in [0.15, 0.2) is 31.0 Å². The first-order valence-electron chi connectivity index (χ1n) is 3.43. The largest absolute Gasteiger partial charge is 0.384 e. The van der Waals surface area contributed by atoms with Crippen LogP contribution in [0.1, 0.15) is 0 Å². The zero-order valence-corrected chi connectivity index (χ0v) is 6.25. The van der Waals surface area contributed by atoms with E-state index in [4.69, 9.17) is 5.73 Å². The molecule has 2 aromatic heterocycles. The molecule has 0 saturated carbocycles. The van der Waals surface area contributed by atoms with E-state index in [1.54, 1.807) is 29.3 Å². The molecule has 0 unspecified atom stereocenters. The lowest BCUT2D eigenvalue weighted by Crippen LogP contribution is -2.01. The molecule has 0 aliphatic heterocycles. The Morgan fingerprint density at radius 3 is 2.58 bits per heavy atom. The first kappa shape index (κ1) is 6.78. The number of anilines is 1. The molecule has 5 nitrogen and oxygen atoms in total. The minimum absolute atomic E-state index is 0.574. The van der Waals surface area contributed by atoms with Gasteiger partial charge in [-0.1, -0.05) is 0 Å². The van der Waals surface area contributed by atoms with Crippen LogP contribution in [0.2, 0.25) is 0 Å². The second kappa shape index (κ2) is 2.61. The summed E-state index contributed by atoms with van der Waals surface area (Å²) in [5.74, 6) is 0.574. The number of rotatable bonds is 1. The van der Waals surface area contributed by atoms with Crippen molar-refractivity contribution in [3.63, 3.8) is 0 Å². The third kappa shape index (κ3) is 1.01. The van der Waals surface area contributed by atoms with Crippen LogP contribution in [-0.2, 0) is 0 Å². The van der Waals surface area contributed by atoms with Crippen molar-refractivity contribution in [2.45, 2.75) is 0 Å². The SMILES string of the molecule is Nc1ccnn1-c1cncnc1. The molecule has 0 bridgehead atoms. The number of nitrogens with two attached hydrogens (primary N) is 1. The third-order valence-electron chi connectivity index (χ3n) is 1.46. The van der Waals surface area contributed by atoms with Crippen molar-refractivity contribution in [1.29, 1.82) is 0 Å². The van der Waals surface area contributed by atoms with Gasteiger partial charge >= 0.3 is 0 Å². The number of aromatic nitrogens is 4. The minimum Gasteiger partial charge on any atom is -0.384 e. The normalized spacial score (nSPS) is 10.0. The Bertz CT molecular complexity index is 366.